The molecule has 1 atom stereocenters. The van der Waals surface area contributed by atoms with Gasteiger partial charge in [0.2, 0.25) is 0 Å². The average Bonchev–Trinajstić information content (AvgIpc) is 2.41. The highest BCUT2D eigenvalue weighted by molar-refractivity contribution is 5.87. The molecule has 0 aromatic carbocycles. The molecule has 0 amide bonds. The first-order valence-electron chi connectivity index (χ1n) is 4.59. The van der Waals surface area contributed by atoms with Crippen molar-refractivity contribution >= 4 is 5.97 Å². The van der Waals surface area contributed by atoms with E-state index in [-0.39, 0.29) is 11.8 Å². The normalized spacial score (nSPS) is 21.4. The Morgan fingerprint density at radius 2 is 2.50 bits per heavy atom. The number of aromatic carboxylic acids is 1. The molecule has 14 heavy (non-hydrogen) atoms. The first-order chi connectivity index (χ1) is 6.68. The van der Waals surface area contributed by atoms with Gasteiger partial charge < -0.3 is 9.84 Å². The standard InChI is InChI=1S/C9H12N2O3/c1-5-4-6-7(2-3-14-5)10-11-8(6)9(12)13/h5H,2-4H2,1H3,(H,10,11)(H,12,13). The van der Waals surface area contributed by atoms with E-state index in [1.165, 1.54) is 0 Å². The minimum Gasteiger partial charge on any atom is -0.476 e. The molecule has 1 aliphatic rings. The van der Waals surface area contributed by atoms with E-state index in [2.05, 4.69) is 10.2 Å². The fraction of sp³-hybridized carbons (Fsp3) is 0.556. The topological polar surface area (TPSA) is 75.2 Å². The van der Waals surface area contributed by atoms with E-state index >= 15 is 0 Å². The highest BCUT2D eigenvalue weighted by Gasteiger charge is 2.22. The van der Waals surface area contributed by atoms with Crippen molar-refractivity contribution < 1.29 is 14.6 Å². The Balaban J connectivity index is 2.39. The minimum absolute atomic E-state index is 0.0620. The van der Waals surface area contributed by atoms with Gasteiger partial charge in [-0.3, -0.25) is 5.10 Å². The monoisotopic (exact) mass is 196 g/mol. The van der Waals surface area contributed by atoms with Crippen LogP contribution in [0.15, 0.2) is 0 Å². The van der Waals surface area contributed by atoms with Crippen molar-refractivity contribution in [2.45, 2.75) is 25.9 Å². The lowest BCUT2D eigenvalue weighted by molar-refractivity contribution is 0.0677. The van der Waals surface area contributed by atoms with E-state index < -0.39 is 5.97 Å². The maximum atomic E-state index is 10.8. The van der Waals surface area contributed by atoms with E-state index in [4.69, 9.17) is 9.84 Å². The summed E-state index contributed by atoms with van der Waals surface area (Å²) in [6, 6.07) is 0. The van der Waals surface area contributed by atoms with Crippen molar-refractivity contribution in [3.05, 3.63) is 17.0 Å². The maximum Gasteiger partial charge on any atom is 0.356 e. The van der Waals surface area contributed by atoms with Crippen LogP contribution in [0.5, 0.6) is 0 Å². The molecule has 5 nitrogen and oxygen atoms in total. The van der Waals surface area contributed by atoms with Crippen LogP contribution < -0.4 is 0 Å². The van der Waals surface area contributed by atoms with Crippen molar-refractivity contribution in [2.75, 3.05) is 6.61 Å². The third-order valence-corrected chi connectivity index (χ3v) is 2.40. The van der Waals surface area contributed by atoms with Gasteiger partial charge in [-0.05, 0) is 6.92 Å². The van der Waals surface area contributed by atoms with Crippen LogP contribution in [-0.2, 0) is 17.6 Å². The van der Waals surface area contributed by atoms with Crippen molar-refractivity contribution in [1.29, 1.82) is 0 Å². The number of fused-ring (bicyclic) bond motifs is 1. The fourth-order valence-corrected chi connectivity index (χ4v) is 1.71. The molecule has 1 aromatic heterocycles. The van der Waals surface area contributed by atoms with Crippen LogP contribution in [0, 0.1) is 0 Å². The van der Waals surface area contributed by atoms with Crippen molar-refractivity contribution in [3.63, 3.8) is 0 Å². The third kappa shape index (κ3) is 1.50. The number of nitrogens with zero attached hydrogens (tertiary/aromatic N) is 1. The third-order valence-electron chi connectivity index (χ3n) is 2.40. The summed E-state index contributed by atoms with van der Waals surface area (Å²) in [5.41, 5.74) is 1.83. The number of carbonyl (C=O) groups is 1. The molecule has 0 saturated heterocycles. The predicted octanol–water partition coefficient (Wildman–Crippen LogP) is 0.612. The van der Waals surface area contributed by atoms with Gasteiger partial charge in [-0.1, -0.05) is 0 Å². The Kier molecular flexibility index (Phi) is 2.25. The molecule has 0 radical (unpaired) electrons. The first kappa shape index (κ1) is 9.21. The summed E-state index contributed by atoms with van der Waals surface area (Å²) >= 11 is 0. The number of nitrogens with one attached hydrogen (secondary N) is 1. The zero-order chi connectivity index (χ0) is 10.1. The number of carboxylic acid groups (broad SMARTS) is 1. The van der Waals surface area contributed by atoms with Gasteiger partial charge in [-0.15, -0.1) is 0 Å². The van der Waals surface area contributed by atoms with Gasteiger partial charge in [0, 0.05) is 24.1 Å². The lowest BCUT2D eigenvalue weighted by Crippen LogP contribution is -2.12. The number of hydrogen-bond acceptors (Lipinski definition) is 3. The van der Waals surface area contributed by atoms with Crippen LogP contribution in [0.4, 0.5) is 0 Å². The van der Waals surface area contributed by atoms with E-state index in [9.17, 15) is 4.79 Å². The van der Waals surface area contributed by atoms with Crippen LogP contribution in [0.2, 0.25) is 0 Å². The summed E-state index contributed by atoms with van der Waals surface area (Å²) in [5.74, 6) is -0.975. The zero-order valence-electron chi connectivity index (χ0n) is 7.91. The van der Waals surface area contributed by atoms with Crippen molar-refractivity contribution in [3.8, 4) is 0 Å². The first-order valence-corrected chi connectivity index (χ1v) is 4.59. The lowest BCUT2D eigenvalue weighted by atomic mass is 10.1. The average molecular weight is 196 g/mol. The number of ether oxygens (including phenoxy) is 1. The molecule has 1 aliphatic heterocycles. The van der Waals surface area contributed by atoms with Gasteiger partial charge in [-0.25, -0.2) is 4.79 Å². The molecule has 76 valence electrons. The van der Waals surface area contributed by atoms with Crippen LogP contribution in [0.25, 0.3) is 0 Å². The van der Waals surface area contributed by atoms with Gasteiger partial charge >= 0.3 is 5.97 Å². The molecule has 0 saturated carbocycles. The molecule has 5 heteroatoms. The summed E-state index contributed by atoms with van der Waals surface area (Å²) < 4.78 is 5.44. The molecule has 2 heterocycles. The second-order valence-corrected chi connectivity index (χ2v) is 3.47. The molecular weight excluding hydrogens is 184 g/mol. The number of aromatic amines is 1. The minimum atomic E-state index is -0.975. The summed E-state index contributed by atoms with van der Waals surface area (Å²) in [6.45, 7) is 2.56. The second kappa shape index (κ2) is 3.42. The molecule has 2 N–H and O–H groups in total. The zero-order valence-corrected chi connectivity index (χ0v) is 7.91. The SMILES string of the molecule is CC1Cc2c(C(=O)O)n[nH]c2CCO1. The van der Waals surface area contributed by atoms with Crippen LogP contribution >= 0.6 is 0 Å². The molecule has 0 bridgehead atoms. The van der Waals surface area contributed by atoms with E-state index in [0.29, 0.717) is 19.4 Å². The van der Waals surface area contributed by atoms with Gasteiger partial charge in [0.05, 0.1) is 12.7 Å². The van der Waals surface area contributed by atoms with E-state index in [0.717, 1.165) is 11.3 Å². The molecule has 2 rings (SSSR count). The fourth-order valence-electron chi connectivity index (χ4n) is 1.71. The number of hydrogen-bond donors (Lipinski definition) is 2. The molecule has 1 unspecified atom stereocenters. The summed E-state index contributed by atoms with van der Waals surface area (Å²) in [7, 11) is 0. The summed E-state index contributed by atoms with van der Waals surface area (Å²) in [6.07, 6.45) is 1.39. The number of carboxylic acids is 1. The Hall–Kier alpha value is -1.36. The summed E-state index contributed by atoms with van der Waals surface area (Å²) in [5, 5.41) is 15.4. The van der Waals surface area contributed by atoms with Gasteiger partial charge in [0.1, 0.15) is 0 Å². The Bertz CT molecular complexity index is 359. The largest absolute Gasteiger partial charge is 0.476 e. The van der Waals surface area contributed by atoms with Crippen molar-refractivity contribution in [1.82, 2.24) is 10.2 Å². The molecular formula is C9H12N2O3. The molecule has 1 aromatic rings. The molecule has 0 fully saturated rings. The number of aromatic nitrogens is 2. The van der Waals surface area contributed by atoms with Gasteiger partial charge in [-0.2, -0.15) is 5.10 Å². The van der Waals surface area contributed by atoms with Gasteiger partial charge in [0.25, 0.3) is 0 Å². The van der Waals surface area contributed by atoms with Gasteiger partial charge in [0.15, 0.2) is 5.69 Å². The maximum absolute atomic E-state index is 10.8. The van der Waals surface area contributed by atoms with E-state index in [1.807, 2.05) is 6.92 Å². The lowest BCUT2D eigenvalue weighted by Gasteiger charge is -2.07. The van der Waals surface area contributed by atoms with Crippen LogP contribution in [-0.4, -0.2) is 34.0 Å². The van der Waals surface area contributed by atoms with Crippen LogP contribution in [0.1, 0.15) is 28.7 Å². The van der Waals surface area contributed by atoms with Crippen molar-refractivity contribution in [2.24, 2.45) is 0 Å². The highest BCUT2D eigenvalue weighted by atomic mass is 16.5. The van der Waals surface area contributed by atoms with E-state index in [1.54, 1.807) is 0 Å². The number of H-pyrrole nitrogens is 1. The summed E-state index contributed by atoms with van der Waals surface area (Å²) in [4.78, 5) is 10.8. The van der Waals surface area contributed by atoms with Crippen LogP contribution in [0.3, 0.4) is 0 Å². The quantitative estimate of drug-likeness (QED) is 0.690. The highest BCUT2D eigenvalue weighted by Crippen LogP contribution is 2.19. The number of rotatable bonds is 1. The Labute approximate surface area is 81.1 Å². The molecule has 0 aliphatic carbocycles. The second-order valence-electron chi connectivity index (χ2n) is 3.47. The Morgan fingerprint density at radius 1 is 1.71 bits per heavy atom. The Morgan fingerprint density at radius 3 is 3.21 bits per heavy atom. The molecule has 0 spiro atoms. The predicted molar refractivity (Wildman–Crippen MR) is 48.4 cm³/mol. The smallest absolute Gasteiger partial charge is 0.356 e.